The third-order valence-corrected chi connectivity index (χ3v) is 3.03. The second-order valence-corrected chi connectivity index (χ2v) is 6.43. The summed E-state index contributed by atoms with van der Waals surface area (Å²) in [6, 6.07) is 2.52. The first kappa shape index (κ1) is 20.1. The fraction of sp³-hybridized carbons (Fsp3) is 0.294. The number of amides is 2. The van der Waals surface area contributed by atoms with Crippen molar-refractivity contribution in [2.75, 3.05) is 10.6 Å². The summed E-state index contributed by atoms with van der Waals surface area (Å²) in [7, 11) is 0. The lowest BCUT2D eigenvalue weighted by molar-refractivity contribution is -0.137. The van der Waals surface area contributed by atoms with Gasteiger partial charge in [0.2, 0.25) is 0 Å². The Morgan fingerprint density at radius 3 is 2.30 bits per heavy atom. The Balaban J connectivity index is 2.33. The molecule has 1 heterocycles. The number of rotatable bonds is 3. The monoisotopic (exact) mass is 382 g/mol. The number of hydrogen-bond acceptors (Lipinski definition) is 5. The third kappa shape index (κ3) is 5.94. The fourth-order valence-electron chi connectivity index (χ4n) is 1.95. The number of nitrogens with zero attached hydrogens (tertiary/aromatic N) is 2. The molecular weight excluding hydrogens is 365 g/mol. The summed E-state index contributed by atoms with van der Waals surface area (Å²) in [6.45, 7) is 4.91. The first-order valence-electron chi connectivity index (χ1n) is 7.74. The van der Waals surface area contributed by atoms with Gasteiger partial charge in [-0.3, -0.25) is 15.1 Å². The molecule has 0 fully saturated rings. The molecule has 0 saturated heterocycles. The van der Waals surface area contributed by atoms with Crippen LogP contribution in [0.5, 0.6) is 0 Å². The van der Waals surface area contributed by atoms with Crippen molar-refractivity contribution < 1.29 is 27.5 Å². The molecule has 10 heteroatoms. The molecule has 2 amide bonds. The number of carbonyl (C=O) groups is 2. The van der Waals surface area contributed by atoms with Gasteiger partial charge in [-0.2, -0.15) is 13.2 Å². The van der Waals surface area contributed by atoms with Crippen LogP contribution in [0.3, 0.4) is 0 Å². The molecule has 2 aromatic rings. The van der Waals surface area contributed by atoms with Crippen molar-refractivity contribution in [2.24, 2.45) is 0 Å². The summed E-state index contributed by atoms with van der Waals surface area (Å²) in [5, 5.41) is 4.62. The average Bonchev–Trinajstić information content (AvgIpc) is 2.54. The van der Waals surface area contributed by atoms with Crippen LogP contribution in [0.4, 0.5) is 29.3 Å². The van der Waals surface area contributed by atoms with Gasteiger partial charge >= 0.3 is 12.3 Å². The number of halogens is 3. The summed E-state index contributed by atoms with van der Waals surface area (Å²) in [4.78, 5) is 31.6. The van der Waals surface area contributed by atoms with Gasteiger partial charge in [-0.1, -0.05) is 0 Å². The average molecular weight is 382 g/mol. The maximum Gasteiger partial charge on any atom is 0.416 e. The van der Waals surface area contributed by atoms with Gasteiger partial charge < -0.3 is 10.1 Å². The van der Waals surface area contributed by atoms with Crippen LogP contribution in [0, 0.1) is 0 Å². The van der Waals surface area contributed by atoms with E-state index in [2.05, 4.69) is 20.6 Å². The highest BCUT2D eigenvalue weighted by Gasteiger charge is 2.31. The van der Waals surface area contributed by atoms with Crippen LogP contribution in [-0.4, -0.2) is 27.6 Å². The van der Waals surface area contributed by atoms with Crippen molar-refractivity contribution in [3.8, 4) is 0 Å². The summed E-state index contributed by atoms with van der Waals surface area (Å²) in [5.74, 6) is -0.783. The number of carbonyl (C=O) groups excluding carboxylic acids is 2. The lowest BCUT2D eigenvalue weighted by atomic mass is 10.1. The Morgan fingerprint density at radius 1 is 1.04 bits per heavy atom. The molecule has 0 aliphatic heterocycles. The first-order valence-corrected chi connectivity index (χ1v) is 7.74. The van der Waals surface area contributed by atoms with Crippen molar-refractivity contribution in [2.45, 2.75) is 32.5 Å². The summed E-state index contributed by atoms with van der Waals surface area (Å²) < 4.78 is 44.1. The summed E-state index contributed by atoms with van der Waals surface area (Å²) >= 11 is 0. The molecule has 0 atom stereocenters. The molecule has 2 rings (SSSR count). The number of anilines is 2. The maximum atomic E-state index is 13.0. The molecule has 0 spiro atoms. The van der Waals surface area contributed by atoms with E-state index in [1.54, 1.807) is 20.8 Å². The number of alkyl halides is 3. The van der Waals surface area contributed by atoms with Crippen molar-refractivity contribution >= 4 is 23.4 Å². The van der Waals surface area contributed by atoms with Crippen LogP contribution in [0.2, 0.25) is 0 Å². The Morgan fingerprint density at radius 2 is 1.74 bits per heavy atom. The highest BCUT2D eigenvalue weighted by molar-refractivity contribution is 6.05. The number of ether oxygens (including phenoxy) is 1. The zero-order valence-corrected chi connectivity index (χ0v) is 14.7. The van der Waals surface area contributed by atoms with Gasteiger partial charge in [0.25, 0.3) is 5.91 Å². The van der Waals surface area contributed by atoms with E-state index in [-0.39, 0.29) is 17.1 Å². The Bertz CT molecular complexity index is 834. The normalized spacial score (nSPS) is 11.6. The van der Waals surface area contributed by atoms with E-state index in [9.17, 15) is 22.8 Å². The predicted octanol–water partition coefficient (Wildman–Crippen LogP) is 4.09. The quantitative estimate of drug-likeness (QED) is 0.834. The van der Waals surface area contributed by atoms with E-state index in [4.69, 9.17) is 4.74 Å². The van der Waals surface area contributed by atoms with E-state index in [0.717, 1.165) is 18.3 Å². The Labute approximate surface area is 153 Å². The molecule has 1 aromatic heterocycles. The highest BCUT2D eigenvalue weighted by Crippen LogP contribution is 2.34. The topological polar surface area (TPSA) is 93.2 Å². The Hall–Kier alpha value is -3.17. The molecule has 144 valence electrons. The van der Waals surface area contributed by atoms with Crippen molar-refractivity contribution in [1.82, 2.24) is 9.97 Å². The number of benzene rings is 1. The second kappa shape index (κ2) is 7.60. The van der Waals surface area contributed by atoms with E-state index in [0.29, 0.717) is 6.07 Å². The standard InChI is InChI=1S/C17H17F3N4O3/c1-16(2,3)27-15(26)24-11-5-4-10(17(18,19)20)8-12(11)23-14(25)13-9-21-6-7-22-13/h4-9H,1-3H3,(H,23,25)(H,24,26). The van der Waals surface area contributed by atoms with Gasteiger partial charge in [0, 0.05) is 12.4 Å². The minimum absolute atomic E-state index is 0.0607. The molecule has 1 aromatic carbocycles. The van der Waals surface area contributed by atoms with Crippen LogP contribution < -0.4 is 10.6 Å². The van der Waals surface area contributed by atoms with Crippen LogP contribution >= 0.6 is 0 Å². The minimum Gasteiger partial charge on any atom is -0.444 e. The van der Waals surface area contributed by atoms with Crippen molar-refractivity contribution in [3.63, 3.8) is 0 Å². The molecule has 27 heavy (non-hydrogen) atoms. The summed E-state index contributed by atoms with van der Waals surface area (Å²) in [6.07, 6.45) is -1.74. The maximum absolute atomic E-state index is 13.0. The van der Waals surface area contributed by atoms with Gasteiger partial charge in [-0.05, 0) is 39.0 Å². The molecular formula is C17H17F3N4O3. The summed E-state index contributed by atoms with van der Waals surface area (Å²) in [5.41, 5.74) is -2.22. The van der Waals surface area contributed by atoms with Gasteiger partial charge in [0.1, 0.15) is 11.3 Å². The molecule has 0 radical (unpaired) electrons. The predicted molar refractivity (Wildman–Crippen MR) is 91.3 cm³/mol. The SMILES string of the molecule is CC(C)(C)OC(=O)Nc1ccc(C(F)(F)F)cc1NC(=O)c1cnccn1. The van der Waals surface area contributed by atoms with Gasteiger partial charge in [0.05, 0.1) is 23.1 Å². The molecule has 2 N–H and O–H groups in total. The smallest absolute Gasteiger partial charge is 0.416 e. The number of aromatic nitrogens is 2. The van der Waals surface area contributed by atoms with Crippen LogP contribution in [-0.2, 0) is 10.9 Å². The number of nitrogens with one attached hydrogen (secondary N) is 2. The fourth-order valence-corrected chi connectivity index (χ4v) is 1.95. The van der Waals surface area contributed by atoms with Gasteiger partial charge in [-0.15, -0.1) is 0 Å². The Kier molecular flexibility index (Phi) is 5.67. The van der Waals surface area contributed by atoms with Crippen molar-refractivity contribution in [3.05, 3.63) is 48.0 Å². The van der Waals surface area contributed by atoms with Crippen molar-refractivity contribution in [1.29, 1.82) is 0 Å². The lowest BCUT2D eigenvalue weighted by Crippen LogP contribution is -2.27. The molecule has 0 unspecified atom stereocenters. The van der Waals surface area contributed by atoms with Gasteiger partial charge in [0.15, 0.2) is 0 Å². The highest BCUT2D eigenvalue weighted by atomic mass is 19.4. The van der Waals surface area contributed by atoms with Gasteiger partial charge in [-0.25, -0.2) is 9.78 Å². The van der Waals surface area contributed by atoms with E-state index in [1.807, 2.05) is 0 Å². The zero-order valence-electron chi connectivity index (χ0n) is 14.7. The van der Waals surface area contributed by atoms with E-state index >= 15 is 0 Å². The second-order valence-electron chi connectivity index (χ2n) is 6.43. The van der Waals surface area contributed by atoms with Crippen LogP contribution in [0.25, 0.3) is 0 Å². The van der Waals surface area contributed by atoms with E-state index in [1.165, 1.54) is 12.4 Å². The van der Waals surface area contributed by atoms with Crippen LogP contribution in [0.15, 0.2) is 36.8 Å². The lowest BCUT2D eigenvalue weighted by Gasteiger charge is -2.21. The molecule has 7 nitrogen and oxygen atoms in total. The number of hydrogen-bond donors (Lipinski definition) is 2. The molecule has 0 aliphatic carbocycles. The molecule has 0 saturated carbocycles. The van der Waals surface area contributed by atoms with E-state index < -0.39 is 29.3 Å². The van der Waals surface area contributed by atoms with Crippen LogP contribution in [0.1, 0.15) is 36.8 Å². The molecule has 0 aliphatic rings. The minimum atomic E-state index is -4.63. The molecule has 0 bridgehead atoms. The largest absolute Gasteiger partial charge is 0.444 e. The third-order valence-electron chi connectivity index (χ3n) is 3.03. The first-order chi connectivity index (χ1) is 12.5. The zero-order chi connectivity index (χ0) is 20.2.